The van der Waals surface area contributed by atoms with E-state index in [9.17, 15) is 0 Å². The van der Waals surface area contributed by atoms with Crippen molar-refractivity contribution in [3.8, 4) is 5.75 Å². The number of aryl methyl sites for hydroxylation is 1. The molecule has 0 unspecified atom stereocenters. The maximum absolute atomic E-state index is 5.72. The SMILES string of the molecule is Cc1nc(COc2ccc(CNc3ncccn3)cc2)cs1. The second-order valence-corrected chi connectivity index (χ2v) is 5.78. The van der Waals surface area contributed by atoms with E-state index in [4.69, 9.17) is 4.74 Å². The maximum Gasteiger partial charge on any atom is 0.222 e. The van der Waals surface area contributed by atoms with Gasteiger partial charge in [0.05, 0.1) is 10.7 Å². The third-order valence-corrected chi connectivity index (χ3v) is 3.82. The predicted octanol–water partition coefficient (Wildman–Crippen LogP) is 3.43. The smallest absolute Gasteiger partial charge is 0.222 e. The molecule has 0 amide bonds. The van der Waals surface area contributed by atoms with E-state index in [0.29, 0.717) is 19.1 Å². The van der Waals surface area contributed by atoms with Gasteiger partial charge in [0, 0.05) is 24.3 Å². The highest BCUT2D eigenvalue weighted by atomic mass is 32.1. The summed E-state index contributed by atoms with van der Waals surface area (Å²) in [4.78, 5) is 12.6. The fourth-order valence-electron chi connectivity index (χ4n) is 1.91. The first-order valence-electron chi connectivity index (χ1n) is 6.93. The molecule has 0 aliphatic carbocycles. The lowest BCUT2D eigenvalue weighted by molar-refractivity contribution is 0.302. The van der Waals surface area contributed by atoms with Gasteiger partial charge in [-0.15, -0.1) is 11.3 Å². The molecule has 3 rings (SSSR count). The van der Waals surface area contributed by atoms with Gasteiger partial charge in [0.2, 0.25) is 5.95 Å². The van der Waals surface area contributed by atoms with E-state index in [0.717, 1.165) is 22.0 Å². The lowest BCUT2D eigenvalue weighted by atomic mass is 10.2. The summed E-state index contributed by atoms with van der Waals surface area (Å²) in [6.07, 6.45) is 3.43. The Bertz CT molecular complexity index is 713. The summed E-state index contributed by atoms with van der Waals surface area (Å²) in [5.74, 6) is 1.46. The summed E-state index contributed by atoms with van der Waals surface area (Å²) in [6, 6.07) is 9.76. The first-order valence-corrected chi connectivity index (χ1v) is 7.81. The van der Waals surface area contributed by atoms with Crippen LogP contribution in [0, 0.1) is 6.92 Å². The molecule has 5 nitrogen and oxygen atoms in total. The Morgan fingerprint density at radius 3 is 2.59 bits per heavy atom. The van der Waals surface area contributed by atoms with Crippen LogP contribution in [0.4, 0.5) is 5.95 Å². The van der Waals surface area contributed by atoms with Crippen LogP contribution in [0.3, 0.4) is 0 Å². The summed E-state index contributed by atoms with van der Waals surface area (Å²) in [5.41, 5.74) is 2.11. The molecule has 6 heteroatoms. The number of hydrogen-bond acceptors (Lipinski definition) is 6. The summed E-state index contributed by atoms with van der Waals surface area (Å²) >= 11 is 1.64. The number of hydrogen-bond donors (Lipinski definition) is 1. The largest absolute Gasteiger partial charge is 0.487 e. The molecule has 1 aromatic carbocycles. The summed E-state index contributed by atoms with van der Waals surface area (Å²) in [7, 11) is 0. The van der Waals surface area contributed by atoms with E-state index < -0.39 is 0 Å². The van der Waals surface area contributed by atoms with Crippen LogP contribution in [-0.4, -0.2) is 15.0 Å². The number of rotatable bonds is 6. The molecule has 22 heavy (non-hydrogen) atoms. The van der Waals surface area contributed by atoms with Crippen molar-refractivity contribution in [2.24, 2.45) is 0 Å². The number of anilines is 1. The fourth-order valence-corrected chi connectivity index (χ4v) is 2.50. The maximum atomic E-state index is 5.72. The molecule has 0 aliphatic heterocycles. The normalized spacial score (nSPS) is 10.4. The number of thiazole rings is 1. The minimum atomic E-state index is 0.500. The number of aromatic nitrogens is 3. The van der Waals surface area contributed by atoms with Crippen LogP contribution in [0.5, 0.6) is 5.75 Å². The van der Waals surface area contributed by atoms with Gasteiger partial charge in [-0.3, -0.25) is 0 Å². The minimum Gasteiger partial charge on any atom is -0.487 e. The number of benzene rings is 1. The monoisotopic (exact) mass is 312 g/mol. The number of nitrogens with one attached hydrogen (secondary N) is 1. The Labute approximate surface area is 133 Å². The molecule has 0 bridgehead atoms. The van der Waals surface area contributed by atoms with Gasteiger partial charge in [-0.25, -0.2) is 15.0 Å². The highest BCUT2D eigenvalue weighted by Crippen LogP contribution is 2.16. The third-order valence-electron chi connectivity index (χ3n) is 2.99. The van der Waals surface area contributed by atoms with E-state index >= 15 is 0 Å². The van der Waals surface area contributed by atoms with Gasteiger partial charge in [0.1, 0.15) is 12.4 Å². The minimum absolute atomic E-state index is 0.500. The van der Waals surface area contributed by atoms with Gasteiger partial charge in [0.25, 0.3) is 0 Å². The summed E-state index contributed by atoms with van der Waals surface area (Å²) in [6.45, 7) is 3.17. The molecule has 0 saturated heterocycles. The Hall–Kier alpha value is -2.47. The van der Waals surface area contributed by atoms with E-state index in [-0.39, 0.29) is 0 Å². The molecule has 0 fully saturated rings. The van der Waals surface area contributed by atoms with Crippen molar-refractivity contribution < 1.29 is 4.74 Å². The number of nitrogens with zero attached hydrogens (tertiary/aromatic N) is 3. The molecule has 2 aromatic heterocycles. The zero-order valence-electron chi connectivity index (χ0n) is 12.2. The molecule has 1 N–H and O–H groups in total. The quantitative estimate of drug-likeness (QED) is 0.755. The van der Waals surface area contributed by atoms with E-state index in [1.54, 1.807) is 29.8 Å². The van der Waals surface area contributed by atoms with Crippen molar-refractivity contribution >= 4 is 17.3 Å². The van der Waals surface area contributed by atoms with Gasteiger partial charge in [-0.05, 0) is 30.7 Å². The Morgan fingerprint density at radius 1 is 1.14 bits per heavy atom. The van der Waals surface area contributed by atoms with Crippen LogP contribution >= 0.6 is 11.3 Å². The summed E-state index contributed by atoms with van der Waals surface area (Å²) < 4.78 is 5.72. The van der Waals surface area contributed by atoms with Crippen LogP contribution in [0.1, 0.15) is 16.3 Å². The van der Waals surface area contributed by atoms with Gasteiger partial charge in [-0.1, -0.05) is 12.1 Å². The molecule has 2 heterocycles. The molecule has 112 valence electrons. The fraction of sp³-hybridized carbons (Fsp3) is 0.188. The van der Waals surface area contributed by atoms with Gasteiger partial charge >= 0.3 is 0 Å². The lowest BCUT2D eigenvalue weighted by Gasteiger charge is -2.07. The van der Waals surface area contributed by atoms with Crippen molar-refractivity contribution in [3.05, 3.63) is 64.4 Å². The summed E-state index contributed by atoms with van der Waals surface area (Å²) in [5, 5.41) is 6.25. The highest BCUT2D eigenvalue weighted by Gasteiger charge is 2.01. The second kappa shape index (κ2) is 7.00. The van der Waals surface area contributed by atoms with E-state index in [2.05, 4.69) is 20.3 Å². The van der Waals surface area contributed by atoms with Crippen molar-refractivity contribution in [1.29, 1.82) is 0 Å². The van der Waals surface area contributed by atoms with Gasteiger partial charge in [0.15, 0.2) is 0 Å². The molecular formula is C16H16N4OS. The van der Waals surface area contributed by atoms with E-state index in [1.165, 1.54) is 0 Å². The molecule has 0 radical (unpaired) electrons. The molecule has 0 atom stereocenters. The van der Waals surface area contributed by atoms with Crippen molar-refractivity contribution in [1.82, 2.24) is 15.0 Å². The standard InChI is InChI=1S/C16H16N4OS/c1-12-20-14(11-22-12)10-21-15-5-3-13(4-6-15)9-19-16-17-7-2-8-18-16/h2-8,11H,9-10H2,1H3,(H,17,18,19). The van der Waals surface area contributed by atoms with Gasteiger partial charge in [-0.2, -0.15) is 0 Å². The lowest BCUT2D eigenvalue weighted by Crippen LogP contribution is -2.03. The zero-order valence-corrected chi connectivity index (χ0v) is 13.0. The first-order chi connectivity index (χ1) is 10.8. The molecule has 0 saturated carbocycles. The molecular weight excluding hydrogens is 296 g/mol. The van der Waals surface area contributed by atoms with Crippen molar-refractivity contribution in [3.63, 3.8) is 0 Å². The zero-order chi connectivity index (χ0) is 15.2. The van der Waals surface area contributed by atoms with E-state index in [1.807, 2.05) is 36.6 Å². The van der Waals surface area contributed by atoms with Crippen LogP contribution in [-0.2, 0) is 13.2 Å². The van der Waals surface area contributed by atoms with Crippen molar-refractivity contribution in [2.45, 2.75) is 20.1 Å². The Kier molecular flexibility index (Phi) is 4.60. The van der Waals surface area contributed by atoms with Crippen LogP contribution in [0.2, 0.25) is 0 Å². The Balaban J connectivity index is 1.51. The number of ether oxygens (including phenoxy) is 1. The molecule has 0 spiro atoms. The molecule has 3 aromatic rings. The predicted molar refractivity (Wildman–Crippen MR) is 87.0 cm³/mol. The highest BCUT2D eigenvalue weighted by molar-refractivity contribution is 7.09. The second-order valence-electron chi connectivity index (χ2n) is 4.72. The average Bonchev–Trinajstić information content (AvgIpc) is 2.98. The van der Waals surface area contributed by atoms with Crippen LogP contribution in [0.15, 0.2) is 48.1 Å². The van der Waals surface area contributed by atoms with Crippen LogP contribution < -0.4 is 10.1 Å². The Morgan fingerprint density at radius 2 is 1.91 bits per heavy atom. The third kappa shape index (κ3) is 4.02. The topological polar surface area (TPSA) is 59.9 Å². The van der Waals surface area contributed by atoms with Crippen LogP contribution in [0.25, 0.3) is 0 Å². The molecule has 0 aliphatic rings. The first kappa shape index (κ1) is 14.5. The van der Waals surface area contributed by atoms with Crippen molar-refractivity contribution in [2.75, 3.05) is 5.32 Å². The van der Waals surface area contributed by atoms with Gasteiger partial charge < -0.3 is 10.1 Å². The average molecular weight is 312 g/mol.